The molecule has 1 aliphatic rings. The first kappa shape index (κ1) is 11.6. The van der Waals surface area contributed by atoms with Crippen LogP contribution in [0.2, 0.25) is 0 Å². The maximum absolute atomic E-state index is 11.7. The topological polar surface area (TPSA) is 68.3 Å². The van der Waals surface area contributed by atoms with Crippen LogP contribution in [0.1, 0.15) is 18.4 Å². The van der Waals surface area contributed by atoms with E-state index in [4.69, 9.17) is 4.74 Å². The minimum absolute atomic E-state index is 0.185. The lowest BCUT2D eigenvalue weighted by Crippen LogP contribution is -2.29. The Hall–Kier alpha value is -1.91. The van der Waals surface area contributed by atoms with E-state index in [-0.39, 0.29) is 18.4 Å². The highest BCUT2D eigenvalue weighted by atomic mass is 16.5. The second-order valence-corrected chi connectivity index (χ2v) is 3.87. The van der Waals surface area contributed by atoms with Gasteiger partial charge in [0.1, 0.15) is 5.92 Å². The lowest BCUT2D eigenvalue weighted by molar-refractivity contribution is -0.151. The lowest BCUT2D eigenvalue weighted by Gasteiger charge is -2.15. The van der Waals surface area contributed by atoms with Gasteiger partial charge in [-0.1, -0.05) is 6.07 Å². The quantitative estimate of drug-likeness (QED) is 0.610. The van der Waals surface area contributed by atoms with Crippen molar-refractivity contribution in [3.63, 3.8) is 0 Å². The zero-order valence-corrected chi connectivity index (χ0v) is 9.55. The van der Waals surface area contributed by atoms with Gasteiger partial charge in [-0.15, -0.1) is 0 Å². The van der Waals surface area contributed by atoms with Crippen LogP contribution < -0.4 is 5.32 Å². The first-order valence-electron chi connectivity index (χ1n) is 5.58. The zero-order valence-electron chi connectivity index (χ0n) is 9.55. The van der Waals surface area contributed by atoms with Crippen LogP contribution in [0.4, 0.5) is 0 Å². The number of aromatic nitrogens is 1. The van der Waals surface area contributed by atoms with Gasteiger partial charge in [0.25, 0.3) is 0 Å². The number of hydrogen-bond donors (Lipinski definition) is 1. The molecule has 1 N–H and O–H groups in total. The molecule has 1 amide bonds. The predicted molar refractivity (Wildman–Crippen MR) is 60.1 cm³/mol. The van der Waals surface area contributed by atoms with Crippen molar-refractivity contribution in [2.24, 2.45) is 5.92 Å². The van der Waals surface area contributed by atoms with Crippen molar-refractivity contribution < 1.29 is 14.3 Å². The molecule has 2 atom stereocenters. The number of ether oxygens (including phenoxy) is 1. The summed E-state index contributed by atoms with van der Waals surface area (Å²) in [6, 6.07) is 3.66. The molecule has 1 fully saturated rings. The van der Waals surface area contributed by atoms with Crippen LogP contribution >= 0.6 is 0 Å². The summed E-state index contributed by atoms with van der Waals surface area (Å²) in [6.45, 7) is 2.46. The van der Waals surface area contributed by atoms with E-state index in [0.29, 0.717) is 6.54 Å². The van der Waals surface area contributed by atoms with Crippen molar-refractivity contribution in [2.45, 2.75) is 12.8 Å². The molecule has 1 aliphatic heterocycles. The van der Waals surface area contributed by atoms with Crippen LogP contribution in [0.15, 0.2) is 24.5 Å². The third kappa shape index (κ3) is 2.27. The first-order chi connectivity index (χ1) is 8.24. The van der Waals surface area contributed by atoms with E-state index < -0.39 is 11.9 Å². The number of carbonyl (C=O) groups excluding carboxylic acids is 2. The molecule has 2 unspecified atom stereocenters. The number of pyridine rings is 1. The number of nitrogens with zero attached hydrogens (tertiary/aromatic N) is 1. The van der Waals surface area contributed by atoms with E-state index in [2.05, 4.69) is 10.3 Å². The summed E-state index contributed by atoms with van der Waals surface area (Å²) in [6.07, 6.45) is 3.34. The summed E-state index contributed by atoms with van der Waals surface area (Å²) >= 11 is 0. The van der Waals surface area contributed by atoms with Gasteiger partial charge in [-0.25, -0.2) is 0 Å². The smallest absolute Gasteiger partial charge is 0.319 e. The van der Waals surface area contributed by atoms with Crippen LogP contribution in [0.5, 0.6) is 0 Å². The Labute approximate surface area is 99.2 Å². The van der Waals surface area contributed by atoms with Crippen LogP contribution in [-0.2, 0) is 14.3 Å². The molecule has 1 saturated heterocycles. The third-order valence-corrected chi connectivity index (χ3v) is 2.83. The van der Waals surface area contributed by atoms with Crippen LogP contribution in [0.25, 0.3) is 0 Å². The fourth-order valence-corrected chi connectivity index (χ4v) is 2.03. The predicted octanol–water partition coefficient (Wildman–Crippen LogP) is 0.474. The molecule has 17 heavy (non-hydrogen) atoms. The maximum Gasteiger partial charge on any atom is 0.319 e. The summed E-state index contributed by atoms with van der Waals surface area (Å²) < 4.78 is 4.93. The summed E-state index contributed by atoms with van der Waals surface area (Å²) in [4.78, 5) is 27.4. The van der Waals surface area contributed by atoms with Crippen LogP contribution in [0, 0.1) is 5.92 Å². The summed E-state index contributed by atoms with van der Waals surface area (Å²) in [7, 11) is 0. The molecule has 2 heterocycles. The van der Waals surface area contributed by atoms with Crippen molar-refractivity contribution >= 4 is 11.9 Å². The fraction of sp³-hybridized carbons (Fsp3) is 0.417. The molecular formula is C12H14N2O3. The molecule has 0 radical (unpaired) electrons. The van der Waals surface area contributed by atoms with Crippen LogP contribution in [0.3, 0.4) is 0 Å². The summed E-state index contributed by atoms with van der Waals surface area (Å²) in [5, 5.41) is 2.69. The average Bonchev–Trinajstić information content (AvgIpc) is 2.73. The van der Waals surface area contributed by atoms with Crippen molar-refractivity contribution in [1.82, 2.24) is 10.3 Å². The Morgan fingerprint density at radius 3 is 3.12 bits per heavy atom. The fourth-order valence-electron chi connectivity index (χ4n) is 2.03. The number of carbonyl (C=O) groups is 2. The largest absolute Gasteiger partial charge is 0.465 e. The number of amides is 1. The minimum Gasteiger partial charge on any atom is -0.465 e. The highest BCUT2D eigenvalue weighted by Crippen LogP contribution is 2.29. The van der Waals surface area contributed by atoms with E-state index >= 15 is 0 Å². The number of nitrogens with one attached hydrogen (secondary N) is 1. The molecule has 2 rings (SSSR count). The van der Waals surface area contributed by atoms with Gasteiger partial charge in [0.05, 0.1) is 6.61 Å². The Morgan fingerprint density at radius 1 is 1.65 bits per heavy atom. The maximum atomic E-state index is 11.7. The van der Waals surface area contributed by atoms with Gasteiger partial charge >= 0.3 is 5.97 Å². The Morgan fingerprint density at radius 2 is 2.47 bits per heavy atom. The van der Waals surface area contributed by atoms with E-state index in [1.807, 2.05) is 6.07 Å². The van der Waals surface area contributed by atoms with Crippen molar-refractivity contribution in [3.8, 4) is 0 Å². The number of rotatable bonds is 3. The molecule has 0 spiro atoms. The van der Waals surface area contributed by atoms with E-state index in [0.717, 1.165) is 5.56 Å². The molecule has 1 aromatic rings. The SMILES string of the molecule is CCOC(=O)C1C(=O)NCC1c1cccnc1. The van der Waals surface area contributed by atoms with Gasteiger partial charge in [-0.2, -0.15) is 0 Å². The Balaban J connectivity index is 2.22. The van der Waals surface area contributed by atoms with Gasteiger partial charge in [0.2, 0.25) is 5.91 Å². The standard InChI is InChI=1S/C12H14N2O3/c1-2-17-12(16)10-9(7-14-11(10)15)8-4-3-5-13-6-8/h3-6,9-10H,2,7H2,1H3,(H,14,15). The van der Waals surface area contributed by atoms with E-state index in [1.165, 1.54) is 0 Å². The number of hydrogen-bond acceptors (Lipinski definition) is 4. The summed E-state index contributed by atoms with van der Waals surface area (Å²) in [5.74, 6) is -1.66. The van der Waals surface area contributed by atoms with Crippen molar-refractivity contribution in [2.75, 3.05) is 13.2 Å². The minimum atomic E-state index is -0.751. The molecule has 5 nitrogen and oxygen atoms in total. The molecular weight excluding hydrogens is 220 g/mol. The highest BCUT2D eigenvalue weighted by Gasteiger charge is 2.42. The molecule has 0 aliphatic carbocycles. The second-order valence-electron chi connectivity index (χ2n) is 3.87. The van der Waals surface area contributed by atoms with E-state index in [9.17, 15) is 9.59 Å². The van der Waals surface area contributed by atoms with Crippen molar-refractivity contribution in [1.29, 1.82) is 0 Å². The second kappa shape index (κ2) is 4.95. The molecule has 0 aromatic carbocycles. The van der Waals surface area contributed by atoms with Crippen LogP contribution in [-0.4, -0.2) is 30.0 Å². The molecule has 5 heteroatoms. The molecule has 0 bridgehead atoms. The van der Waals surface area contributed by atoms with Gasteiger partial charge in [-0.3, -0.25) is 14.6 Å². The third-order valence-electron chi connectivity index (χ3n) is 2.83. The van der Waals surface area contributed by atoms with Gasteiger partial charge in [-0.05, 0) is 18.6 Å². The first-order valence-corrected chi connectivity index (χ1v) is 5.58. The zero-order chi connectivity index (χ0) is 12.3. The van der Waals surface area contributed by atoms with Gasteiger partial charge < -0.3 is 10.1 Å². The normalized spacial score (nSPS) is 23.2. The van der Waals surface area contributed by atoms with Gasteiger partial charge in [0.15, 0.2) is 0 Å². The number of esters is 1. The molecule has 90 valence electrons. The Bertz CT molecular complexity index is 419. The molecule has 0 saturated carbocycles. The molecule has 1 aromatic heterocycles. The van der Waals surface area contributed by atoms with Crippen molar-refractivity contribution in [3.05, 3.63) is 30.1 Å². The average molecular weight is 234 g/mol. The highest BCUT2D eigenvalue weighted by molar-refractivity contribution is 6.00. The monoisotopic (exact) mass is 234 g/mol. The summed E-state index contributed by atoms with van der Waals surface area (Å²) in [5.41, 5.74) is 0.879. The Kier molecular flexibility index (Phi) is 3.37. The van der Waals surface area contributed by atoms with E-state index in [1.54, 1.807) is 25.4 Å². The van der Waals surface area contributed by atoms with Gasteiger partial charge in [0, 0.05) is 24.9 Å². The lowest BCUT2D eigenvalue weighted by atomic mass is 9.89.